The molecule has 0 aliphatic heterocycles. The van der Waals surface area contributed by atoms with Crippen molar-refractivity contribution in [3.8, 4) is 0 Å². The Morgan fingerprint density at radius 1 is 0.871 bits per heavy atom. The smallest absolute Gasteiger partial charge is 0.00119 e. The summed E-state index contributed by atoms with van der Waals surface area (Å²) in [6, 6.07) is 26.7. The number of benzene rings is 3. The van der Waals surface area contributed by atoms with Crippen LogP contribution in [-0.2, 0) is 25.8 Å². The van der Waals surface area contributed by atoms with E-state index in [0.29, 0.717) is 5.92 Å². The SMILES string of the molecule is CC(C)=Cc1cccc(C2=CC=CC2c2cccc3c2[cH-]c2ccccc23)c1.[Cl-].[Cl-].[Hf]. The van der Waals surface area contributed by atoms with E-state index >= 15 is 0 Å². The molecule has 0 amide bonds. The molecule has 5 rings (SSSR count). The van der Waals surface area contributed by atoms with E-state index in [1.807, 2.05) is 0 Å². The first-order valence-electron chi connectivity index (χ1n) is 9.91. The molecule has 0 fully saturated rings. The third-order valence-corrected chi connectivity index (χ3v) is 5.62. The maximum Gasteiger partial charge on any atom is 0.00119 e. The Hall–Kier alpha value is -1.80. The van der Waals surface area contributed by atoms with Crippen LogP contribution in [0, 0.1) is 0 Å². The Labute approximate surface area is 215 Å². The molecular formula is C28H23Cl2Hf-3. The molecular weight excluding hydrogens is 586 g/mol. The molecule has 156 valence electrons. The van der Waals surface area contributed by atoms with Crippen molar-refractivity contribution in [1.82, 2.24) is 0 Å². The van der Waals surface area contributed by atoms with Crippen LogP contribution in [0.3, 0.4) is 0 Å². The van der Waals surface area contributed by atoms with Gasteiger partial charge in [-0.25, -0.2) is 0 Å². The largest absolute Gasteiger partial charge is 1.00 e. The van der Waals surface area contributed by atoms with Crippen LogP contribution >= 0.6 is 0 Å². The van der Waals surface area contributed by atoms with Gasteiger partial charge in [0.15, 0.2) is 0 Å². The number of rotatable bonds is 3. The van der Waals surface area contributed by atoms with Gasteiger partial charge in [-0.3, -0.25) is 0 Å². The van der Waals surface area contributed by atoms with Gasteiger partial charge in [0.2, 0.25) is 0 Å². The first-order valence-corrected chi connectivity index (χ1v) is 9.91. The molecule has 4 aromatic carbocycles. The van der Waals surface area contributed by atoms with E-state index in [1.165, 1.54) is 49.4 Å². The maximum absolute atomic E-state index is 2.35. The summed E-state index contributed by atoms with van der Waals surface area (Å²) < 4.78 is 0. The third kappa shape index (κ3) is 4.85. The molecule has 0 aromatic heterocycles. The van der Waals surface area contributed by atoms with Crippen molar-refractivity contribution in [2.24, 2.45) is 0 Å². The fourth-order valence-electron chi connectivity index (χ4n) is 4.44. The summed E-state index contributed by atoms with van der Waals surface area (Å²) in [5.41, 5.74) is 6.66. The normalized spacial score (nSPS) is 14.4. The first-order chi connectivity index (χ1) is 13.7. The molecule has 1 aliphatic rings. The number of hydrogen-bond acceptors (Lipinski definition) is 0. The fourth-order valence-corrected chi connectivity index (χ4v) is 4.44. The van der Waals surface area contributed by atoms with Crippen molar-refractivity contribution in [3.63, 3.8) is 0 Å². The van der Waals surface area contributed by atoms with Gasteiger partial charge in [0.25, 0.3) is 0 Å². The Morgan fingerprint density at radius 2 is 1.61 bits per heavy atom. The molecule has 0 heterocycles. The zero-order chi connectivity index (χ0) is 19.1. The van der Waals surface area contributed by atoms with E-state index in [1.54, 1.807) is 0 Å². The summed E-state index contributed by atoms with van der Waals surface area (Å²) in [6.07, 6.45) is 9.05. The zero-order valence-electron chi connectivity index (χ0n) is 17.6. The minimum Gasteiger partial charge on any atom is -1.00 e. The monoisotopic (exact) mass is 609 g/mol. The standard InChI is InChI=1S/C28H23.2ClH.Hf/c1-19(2)16-20-8-5-10-21(17-20)24-12-6-13-25(24)27-15-7-14-26-23-11-4-3-9-22(23)18-28(26)27;;;/h3-18,25H,1-2H3;2*1H;/q-1;;;/p-2. The molecule has 0 spiro atoms. The molecule has 31 heavy (non-hydrogen) atoms. The molecule has 1 unspecified atom stereocenters. The van der Waals surface area contributed by atoms with Gasteiger partial charge < -0.3 is 24.8 Å². The van der Waals surface area contributed by atoms with E-state index in [9.17, 15) is 0 Å². The summed E-state index contributed by atoms with van der Waals surface area (Å²) in [4.78, 5) is 0. The van der Waals surface area contributed by atoms with Crippen molar-refractivity contribution < 1.29 is 50.7 Å². The van der Waals surface area contributed by atoms with Crippen LogP contribution in [0.25, 0.3) is 33.2 Å². The summed E-state index contributed by atoms with van der Waals surface area (Å²) >= 11 is 0. The molecule has 0 nitrogen and oxygen atoms in total. The van der Waals surface area contributed by atoms with E-state index in [0.717, 1.165) is 0 Å². The Balaban J connectivity index is 0.00000114. The van der Waals surface area contributed by atoms with Crippen molar-refractivity contribution >= 4 is 33.2 Å². The molecule has 4 aromatic rings. The average molecular weight is 609 g/mol. The van der Waals surface area contributed by atoms with Gasteiger partial charge in [-0.05, 0) is 36.6 Å². The van der Waals surface area contributed by atoms with Crippen molar-refractivity contribution in [2.75, 3.05) is 0 Å². The van der Waals surface area contributed by atoms with Gasteiger partial charge in [0, 0.05) is 31.8 Å². The molecule has 0 radical (unpaired) electrons. The van der Waals surface area contributed by atoms with Gasteiger partial charge >= 0.3 is 0 Å². The molecule has 1 atom stereocenters. The van der Waals surface area contributed by atoms with Crippen LogP contribution in [-0.4, -0.2) is 0 Å². The summed E-state index contributed by atoms with van der Waals surface area (Å²) in [5.74, 6) is 0.294. The second-order valence-corrected chi connectivity index (χ2v) is 7.87. The second-order valence-electron chi connectivity index (χ2n) is 7.87. The van der Waals surface area contributed by atoms with Crippen LogP contribution in [0.1, 0.15) is 36.5 Å². The van der Waals surface area contributed by atoms with E-state index in [4.69, 9.17) is 0 Å². The predicted molar refractivity (Wildman–Crippen MR) is 123 cm³/mol. The Kier molecular flexibility index (Phi) is 8.77. The van der Waals surface area contributed by atoms with Gasteiger partial charge in [0.1, 0.15) is 0 Å². The van der Waals surface area contributed by atoms with Gasteiger partial charge in [-0.1, -0.05) is 90.0 Å². The van der Waals surface area contributed by atoms with E-state index in [2.05, 4.69) is 111 Å². The summed E-state index contributed by atoms with van der Waals surface area (Å²) in [5, 5.41) is 5.39. The minimum absolute atomic E-state index is 0. The van der Waals surface area contributed by atoms with Crippen molar-refractivity contribution in [1.29, 1.82) is 0 Å². The van der Waals surface area contributed by atoms with Crippen LogP contribution in [0.15, 0.2) is 96.6 Å². The summed E-state index contributed by atoms with van der Waals surface area (Å²) in [6.45, 7) is 4.29. The van der Waals surface area contributed by atoms with Crippen molar-refractivity contribution in [3.05, 3.63) is 113 Å². The number of hydrogen-bond donors (Lipinski definition) is 0. The molecule has 0 saturated heterocycles. The van der Waals surface area contributed by atoms with Gasteiger partial charge in [0.05, 0.1) is 0 Å². The molecule has 0 saturated carbocycles. The molecule has 0 N–H and O–H groups in total. The Bertz CT molecular complexity index is 1290. The van der Waals surface area contributed by atoms with Gasteiger partial charge in [-0.2, -0.15) is 0 Å². The van der Waals surface area contributed by atoms with Crippen LogP contribution < -0.4 is 24.8 Å². The van der Waals surface area contributed by atoms with E-state index in [-0.39, 0.29) is 50.7 Å². The number of halogens is 2. The predicted octanol–water partition coefficient (Wildman–Crippen LogP) is 1.88. The first kappa shape index (κ1) is 25.5. The van der Waals surface area contributed by atoms with E-state index < -0.39 is 0 Å². The third-order valence-electron chi connectivity index (χ3n) is 5.62. The quantitative estimate of drug-likeness (QED) is 0.246. The van der Waals surface area contributed by atoms with Crippen LogP contribution in [0.2, 0.25) is 0 Å². The minimum atomic E-state index is 0. The van der Waals surface area contributed by atoms with Gasteiger partial charge in [-0.15, -0.1) is 33.7 Å². The second kappa shape index (κ2) is 10.7. The number of allylic oxidation sites excluding steroid dienone is 5. The number of fused-ring (bicyclic) bond motifs is 3. The average Bonchev–Trinajstić information content (AvgIpc) is 3.32. The Morgan fingerprint density at radius 3 is 2.42 bits per heavy atom. The van der Waals surface area contributed by atoms with Crippen molar-refractivity contribution in [2.45, 2.75) is 19.8 Å². The molecule has 0 bridgehead atoms. The fraction of sp³-hybridized carbons (Fsp3) is 0.107. The maximum atomic E-state index is 2.35. The summed E-state index contributed by atoms with van der Waals surface area (Å²) in [7, 11) is 0. The van der Waals surface area contributed by atoms with Crippen LogP contribution in [0.5, 0.6) is 0 Å². The molecule has 1 aliphatic carbocycles. The zero-order valence-corrected chi connectivity index (χ0v) is 22.7. The van der Waals surface area contributed by atoms with Crippen LogP contribution in [0.4, 0.5) is 0 Å². The molecule has 3 heteroatoms. The topological polar surface area (TPSA) is 0 Å².